The van der Waals surface area contributed by atoms with E-state index < -0.39 is 0 Å². The first kappa shape index (κ1) is 12.2. The van der Waals surface area contributed by atoms with Gasteiger partial charge in [0.25, 0.3) is 0 Å². The Morgan fingerprint density at radius 2 is 1.88 bits per heavy atom. The zero-order valence-electron chi connectivity index (χ0n) is 11.1. The van der Waals surface area contributed by atoms with Crippen LogP contribution < -0.4 is 5.32 Å². The van der Waals surface area contributed by atoms with Crippen molar-refractivity contribution >= 4 is 11.0 Å². The van der Waals surface area contributed by atoms with Crippen molar-refractivity contribution in [1.82, 2.24) is 5.32 Å². The standard InChI is InChI=1S/C15H21NO/c1-10(2)8-16-9-13-7-14-11(3)5-6-12(4)15(14)17-13/h5-7,10,16H,8-9H2,1-4H3. The molecule has 1 aromatic heterocycles. The Kier molecular flexibility index (Phi) is 3.53. The SMILES string of the molecule is Cc1ccc(C)c2oc(CNCC(C)C)cc12. The third-order valence-electron chi connectivity index (χ3n) is 3.00. The molecule has 2 heteroatoms. The fourth-order valence-corrected chi connectivity index (χ4v) is 2.01. The van der Waals surface area contributed by atoms with Gasteiger partial charge in [-0.05, 0) is 43.5 Å². The fourth-order valence-electron chi connectivity index (χ4n) is 2.01. The molecule has 2 nitrogen and oxygen atoms in total. The average molecular weight is 231 g/mol. The van der Waals surface area contributed by atoms with Gasteiger partial charge in [-0.25, -0.2) is 0 Å². The molecule has 1 aromatic carbocycles. The first-order valence-corrected chi connectivity index (χ1v) is 6.27. The van der Waals surface area contributed by atoms with E-state index in [-0.39, 0.29) is 0 Å². The van der Waals surface area contributed by atoms with Crippen LogP contribution in [0.15, 0.2) is 22.6 Å². The Morgan fingerprint density at radius 3 is 2.53 bits per heavy atom. The molecule has 2 aromatic rings. The Labute approximate surface area is 103 Å². The summed E-state index contributed by atoms with van der Waals surface area (Å²) in [5.41, 5.74) is 3.52. The second-order valence-corrected chi connectivity index (χ2v) is 5.18. The van der Waals surface area contributed by atoms with E-state index in [1.54, 1.807) is 0 Å². The maximum Gasteiger partial charge on any atom is 0.137 e. The Morgan fingerprint density at radius 1 is 1.18 bits per heavy atom. The van der Waals surface area contributed by atoms with Crippen molar-refractivity contribution in [2.45, 2.75) is 34.2 Å². The van der Waals surface area contributed by atoms with Crippen LogP contribution in [0, 0.1) is 19.8 Å². The van der Waals surface area contributed by atoms with Crippen LogP contribution >= 0.6 is 0 Å². The smallest absolute Gasteiger partial charge is 0.137 e. The lowest BCUT2D eigenvalue weighted by atomic mass is 10.1. The third kappa shape index (κ3) is 2.70. The summed E-state index contributed by atoms with van der Waals surface area (Å²) in [6.45, 7) is 10.5. The molecule has 0 aliphatic carbocycles. The van der Waals surface area contributed by atoms with Gasteiger partial charge in [-0.1, -0.05) is 26.0 Å². The van der Waals surface area contributed by atoms with Crippen LogP contribution in [0.3, 0.4) is 0 Å². The minimum atomic E-state index is 0.669. The van der Waals surface area contributed by atoms with Crippen LogP contribution in [0.5, 0.6) is 0 Å². The second-order valence-electron chi connectivity index (χ2n) is 5.18. The highest BCUT2D eigenvalue weighted by Crippen LogP contribution is 2.25. The van der Waals surface area contributed by atoms with Gasteiger partial charge in [-0.15, -0.1) is 0 Å². The summed E-state index contributed by atoms with van der Waals surface area (Å²) in [6, 6.07) is 6.43. The minimum Gasteiger partial charge on any atom is -0.459 e. The summed E-state index contributed by atoms with van der Waals surface area (Å²) in [7, 11) is 0. The largest absolute Gasteiger partial charge is 0.459 e. The van der Waals surface area contributed by atoms with E-state index in [1.165, 1.54) is 16.5 Å². The summed E-state index contributed by atoms with van der Waals surface area (Å²) in [6.07, 6.45) is 0. The molecule has 1 heterocycles. The molecule has 0 atom stereocenters. The van der Waals surface area contributed by atoms with E-state index in [0.717, 1.165) is 24.4 Å². The van der Waals surface area contributed by atoms with Gasteiger partial charge in [0.1, 0.15) is 11.3 Å². The molecular formula is C15H21NO. The number of fused-ring (bicyclic) bond motifs is 1. The highest BCUT2D eigenvalue weighted by Gasteiger charge is 2.08. The zero-order chi connectivity index (χ0) is 12.4. The highest BCUT2D eigenvalue weighted by atomic mass is 16.3. The van der Waals surface area contributed by atoms with Crippen molar-refractivity contribution in [3.8, 4) is 0 Å². The molecule has 0 spiro atoms. The first-order valence-electron chi connectivity index (χ1n) is 6.27. The molecule has 0 aliphatic heterocycles. The van der Waals surface area contributed by atoms with Gasteiger partial charge in [0, 0.05) is 5.39 Å². The molecule has 0 radical (unpaired) electrons. The van der Waals surface area contributed by atoms with Gasteiger partial charge in [0.15, 0.2) is 0 Å². The minimum absolute atomic E-state index is 0.669. The summed E-state index contributed by atoms with van der Waals surface area (Å²) < 4.78 is 5.90. The fraction of sp³-hybridized carbons (Fsp3) is 0.467. The topological polar surface area (TPSA) is 25.2 Å². The number of furan rings is 1. The molecule has 92 valence electrons. The maximum absolute atomic E-state index is 5.90. The quantitative estimate of drug-likeness (QED) is 0.866. The van der Waals surface area contributed by atoms with Gasteiger partial charge < -0.3 is 9.73 Å². The Hall–Kier alpha value is -1.28. The van der Waals surface area contributed by atoms with E-state index >= 15 is 0 Å². The Balaban J connectivity index is 2.20. The molecule has 0 bridgehead atoms. The number of hydrogen-bond donors (Lipinski definition) is 1. The van der Waals surface area contributed by atoms with Crippen molar-refractivity contribution < 1.29 is 4.42 Å². The van der Waals surface area contributed by atoms with Gasteiger partial charge in [0.2, 0.25) is 0 Å². The Bertz CT molecular complexity index is 472. The summed E-state index contributed by atoms with van der Waals surface area (Å²) in [4.78, 5) is 0. The van der Waals surface area contributed by atoms with Crippen LogP contribution in [-0.4, -0.2) is 6.54 Å². The summed E-state index contributed by atoms with van der Waals surface area (Å²) in [5.74, 6) is 1.70. The molecule has 0 fully saturated rings. The van der Waals surface area contributed by atoms with Gasteiger partial charge in [-0.2, -0.15) is 0 Å². The van der Waals surface area contributed by atoms with E-state index in [0.29, 0.717) is 5.92 Å². The van der Waals surface area contributed by atoms with E-state index in [4.69, 9.17) is 4.42 Å². The number of rotatable bonds is 4. The van der Waals surface area contributed by atoms with Crippen molar-refractivity contribution in [2.24, 2.45) is 5.92 Å². The van der Waals surface area contributed by atoms with Crippen molar-refractivity contribution in [3.05, 3.63) is 35.1 Å². The molecular weight excluding hydrogens is 210 g/mol. The monoisotopic (exact) mass is 231 g/mol. The molecule has 2 rings (SSSR count). The first-order chi connectivity index (χ1) is 8.08. The lowest BCUT2D eigenvalue weighted by molar-refractivity contribution is 0.484. The van der Waals surface area contributed by atoms with Crippen LogP contribution in [0.25, 0.3) is 11.0 Å². The number of aryl methyl sites for hydroxylation is 2. The molecule has 1 N–H and O–H groups in total. The number of benzene rings is 1. The molecule has 0 amide bonds. The second kappa shape index (κ2) is 4.92. The van der Waals surface area contributed by atoms with Gasteiger partial charge in [0.05, 0.1) is 6.54 Å². The maximum atomic E-state index is 5.90. The van der Waals surface area contributed by atoms with Crippen molar-refractivity contribution in [2.75, 3.05) is 6.54 Å². The van der Waals surface area contributed by atoms with Gasteiger partial charge >= 0.3 is 0 Å². The summed E-state index contributed by atoms with van der Waals surface area (Å²) in [5, 5.41) is 4.65. The molecule has 0 saturated carbocycles. The van der Waals surface area contributed by atoms with Crippen LogP contribution in [0.2, 0.25) is 0 Å². The zero-order valence-corrected chi connectivity index (χ0v) is 11.1. The van der Waals surface area contributed by atoms with E-state index in [2.05, 4.69) is 51.2 Å². The third-order valence-corrected chi connectivity index (χ3v) is 3.00. The molecule has 0 saturated heterocycles. The highest BCUT2D eigenvalue weighted by molar-refractivity contribution is 5.84. The number of hydrogen-bond acceptors (Lipinski definition) is 2. The van der Waals surface area contributed by atoms with Crippen LogP contribution in [0.1, 0.15) is 30.7 Å². The van der Waals surface area contributed by atoms with Crippen LogP contribution in [-0.2, 0) is 6.54 Å². The van der Waals surface area contributed by atoms with Crippen molar-refractivity contribution in [1.29, 1.82) is 0 Å². The molecule has 0 unspecified atom stereocenters. The van der Waals surface area contributed by atoms with Gasteiger partial charge in [-0.3, -0.25) is 0 Å². The lowest BCUT2D eigenvalue weighted by Crippen LogP contribution is -2.18. The number of nitrogens with one attached hydrogen (secondary N) is 1. The molecule has 17 heavy (non-hydrogen) atoms. The van der Waals surface area contributed by atoms with Crippen molar-refractivity contribution in [3.63, 3.8) is 0 Å². The molecule has 0 aliphatic rings. The van der Waals surface area contributed by atoms with E-state index in [9.17, 15) is 0 Å². The average Bonchev–Trinajstić information content (AvgIpc) is 2.68. The lowest BCUT2D eigenvalue weighted by Gasteiger charge is -2.04. The summed E-state index contributed by atoms with van der Waals surface area (Å²) >= 11 is 0. The normalized spacial score (nSPS) is 11.6. The van der Waals surface area contributed by atoms with E-state index in [1.807, 2.05) is 0 Å². The van der Waals surface area contributed by atoms with Crippen LogP contribution in [0.4, 0.5) is 0 Å². The predicted octanol–water partition coefficient (Wildman–Crippen LogP) is 3.80. The predicted molar refractivity (Wildman–Crippen MR) is 72.2 cm³/mol.